The second kappa shape index (κ2) is 8.27. The average Bonchev–Trinajstić information content (AvgIpc) is 3.10. The number of carbonyl (C=O) groups is 2. The number of ether oxygens (including phenoxy) is 1. The zero-order valence-corrected chi connectivity index (χ0v) is 14.6. The first-order valence-corrected chi connectivity index (χ1v) is 8.80. The number of hydrogen-bond donors (Lipinski definition) is 2. The highest BCUT2D eigenvalue weighted by Gasteiger charge is 2.17. The van der Waals surface area contributed by atoms with Crippen molar-refractivity contribution in [3.8, 4) is 0 Å². The molecule has 1 aliphatic carbocycles. The Morgan fingerprint density at radius 1 is 1.28 bits per heavy atom. The van der Waals surface area contributed by atoms with Gasteiger partial charge in [-0.1, -0.05) is 18.2 Å². The molecular weight excluding hydrogens is 318 g/mol. The lowest BCUT2D eigenvalue weighted by Crippen LogP contribution is -2.41. The summed E-state index contributed by atoms with van der Waals surface area (Å²) in [5.41, 5.74) is 2.19. The molecule has 0 spiro atoms. The molecule has 1 aromatic rings. The van der Waals surface area contributed by atoms with E-state index in [0.717, 1.165) is 31.5 Å². The molecule has 0 radical (unpaired) electrons. The smallest absolute Gasteiger partial charge is 0.251 e. The van der Waals surface area contributed by atoms with Crippen molar-refractivity contribution in [1.29, 1.82) is 0 Å². The van der Waals surface area contributed by atoms with Gasteiger partial charge in [-0.2, -0.15) is 0 Å². The van der Waals surface area contributed by atoms with Crippen molar-refractivity contribution >= 4 is 17.5 Å². The fraction of sp³-hybridized carbons (Fsp3) is 0.474. The molecule has 2 amide bonds. The van der Waals surface area contributed by atoms with Crippen LogP contribution >= 0.6 is 0 Å². The summed E-state index contributed by atoms with van der Waals surface area (Å²) < 4.78 is 5.29. The van der Waals surface area contributed by atoms with Gasteiger partial charge in [0.15, 0.2) is 0 Å². The SMILES string of the molecule is Cc1ccc(C(=O)NC2C=CCC2)cc1NC(=O)CN1CCOCC1. The van der Waals surface area contributed by atoms with Crippen LogP contribution in [0.3, 0.4) is 0 Å². The molecule has 1 atom stereocenters. The number of rotatable bonds is 5. The van der Waals surface area contributed by atoms with Crippen LogP contribution in [0.25, 0.3) is 0 Å². The molecule has 1 saturated heterocycles. The molecule has 1 heterocycles. The van der Waals surface area contributed by atoms with Crippen LogP contribution in [0.2, 0.25) is 0 Å². The third-order valence-corrected chi connectivity index (χ3v) is 4.57. The van der Waals surface area contributed by atoms with E-state index >= 15 is 0 Å². The molecule has 6 nitrogen and oxygen atoms in total. The van der Waals surface area contributed by atoms with Gasteiger partial charge in [-0.25, -0.2) is 0 Å². The molecule has 2 aliphatic rings. The third-order valence-electron chi connectivity index (χ3n) is 4.57. The minimum absolute atomic E-state index is 0.0683. The van der Waals surface area contributed by atoms with Crippen molar-refractivity contribution in [1.82, 2.24) is 10.2 Å². The molecule has 0 bridgehead atoms. The molecular formula is C19H25N3O3. The highest BCUT2D eigenvalue weighted by molar-refractivity contribution is 5.98. The van der Waals surface area contributed by atoms with E-state index in [9.17, 15) is 9.59 Å². The fourth-order valence-corrected chi connectivity index (χ4v) is 3.05. The molecule has 1 fully saturated rings. The van der Waals surface area contributed by atoms with Crippen LogP contribution in [0.15, 0.2) is 30.4 Å². The summed E-state index contributed by atoms with van der Waals surface area (Å²) in [7, 11) is 0. The highest BCUT2D eigenvalue weighted by atomic mass is 16.5. The molecule has 2 N–H and O–H groups in total. The Morgan fingerprint density at radius 3 is 2.80 bits per heavy atom. The zero-order valence-electron chi connectivity index (χ0n) is 14.6. The second-order valence-corrected chi connectivity index (χ2v) is 6.55. The van der Waals surface area contributed by atoms with Crippen molar-refractivity contribution in [2.24, 2.45) is 0 Å². The van der Waals surface area contributed by atoms with Gasteiger partial charge in [-0.15, -0.1) is 0 Å². The summed E-state index contributed by atoms with van der Waals surface area (Å²) in [6, 6.07) is 5.51. The minimum Gasteiger partial charge on any atom is -0.379 e. The van der Waals surface area contributed by atoms with Gasteiger partial charge < -0.3 is 15.4 Å². The van der Waals surface area contributed by atoms with E-state index in [-0.39, 0.29) is 17.9 Å². The van der Waals surface area contributed by atoms with Gasteiger partial charge in [0, 0.05) is 30.4 Å². The lowest BCUT2D eigenvalue weighted by molar-refractivity contribution is -0.118. The Labute approximate surface area is 148 Å². The number of aryl methyl sites for hydroxylation is 1. The maximum Gasteiger partial charge on any atom is 0.251 e. The van der Waals surface area contributed by atoms with Gasteiger partial charge in [-0.3, -0.25) is 14.5 Å². The van der Waals surface area contributed by atoms with Crippen LogP contribution in [0.5, 0.6) is 0 Å². The van der Waals surface area contributed by atoms with Crippen molar-refractivity contribution < 1.29 is 14.3 Å². The Hall–Kier alpha value is -2.18. The summed E-state index contributed by atoms with van der Waals surface area (Å²) in [6.07, 6.45) is 6.05. The molecule has 0 saturated carbocycles. The van der Waals surface area contributed by atoms with E-state index in [2.05, 4.69) is 21.6 Å². The van der Waals surface area contributed by atoms with Crippen LogP contribution < -0.4 is 10.6 Å². The molecule has 1 unspecified atom stereocenters. The quantitative estimate of drug-likeness (QED) is 0.799. The average molecular weight is 343 g/mol. The van der Waals surface area contributed by atoms with Crippen molar-refractivity contribution in [2.75, 3.05) is 38.2 Å². The summed E-state index contributed by atoms with van der Waals surface area (Å²) in [5.74, 6) is -0.179. The van der Waals surface area contributed by atoms with E-state index < -0.39 is 0 Å². The number of nitrogens with one attached hydrogen (secondary N) is 2. The monoisotopic (exact) mass is 343 g/mol. The Morgan fingerprint density at radius 2 is 2.08 bits per heavy atom. The van der Waals surface area contributed by atoms with Gasteiger partial charge in [0.25, 0.3) is 5.91 Å². The third kappa shape index (κ3) is 4.90. The second-order valence-electron chi connectivity index (χ2n) is 6.55. The van der Waals surface area contributed by atoms with Crippen LogP contribution in [-0.4, -0.2) is 55.6 Å². The van der Waals surface area contributed by atoms with E-state index in [4.69, 9.17) is 4.74 Å². The van der Waals surface area contributed by atoms with Crippen molar-refractivity contribution in [3.63, 3.8) is 0 Å². The molecule has 3 rings (SSSR count). The highest BCUT2D eigenvalue weighted by Crippen LogP contribution is 2.18. The number of anilines is 1. The largest absolute Gasteiger partial charge is 0.379 e. The minimum atomic E-state index is -0.111. The molecule has 134 valence electrons. The van der Waals surface area contributed by atoms with Crippen molar-refractivity contribution in [3.05, 3.63) is 41.5 Å². The molecule has 1 aliphatic heterocycles. The van der Waals surface area contributed by atoms with Crippen molar-refractivity contribution in [2.45, 2.75) is 25.8 Å². The Balaban J connectivity index is 1.61. The first-order valence-electron chi connectivity index (χ1n) is 8.80. The van der Waals surface area contributed by atoms with E-state index in [1.165, 1.54) is 0 Å². The van der Waals surface area contributed by atoms with E-state index in [1.54, 1.807) is 12.1 Å². The number of hydrogen-bond acceptors (Lipinski definition) is 4. The summed E-state index contributed by atoms with van der Waals surface area (Å²) in [6.45, 7) is 5.13. The van der Waals surface area contributed by atoms with Gasteiger partial charge in [-0.05, 0) is 37.5 Å². The Bertz CT molecular complexity index is 666. The molecule has 0 aromatic heterocycles. The first kappa shape index (κ1) is 17.6. The van der Waals surface area contributed by atoms with Crippen LogP contribution in [0.1, 0.15) is 28.8 Å². The summed E-state index contributed by atoms with van der Waals surface area (Å²) in [5, 5.41) is 5.93. The number of nitrogens with zero attached hydrogens (tertiary/aromatic N) is 1. The summed E-state index contributed by atoms with van der Waals surface area (Å²) in [4.78, 5) is 26.7. The number of amides is 2. The molecule has 1 aromatic carbocycles. The number of allylic oxidation sites excluding steroid dienone is 1. The lowest BCUT2D eigenvalue weighted by atomic mass is 10.1. The van der Waals surface area contributed by atoms with Gasteiger partial charge in [0.2, 0.25) is 5.91 Å². The van der Waals surface area contributed by atoms with Crippen LogP contribution in [0, 0.1) is 6.92 Å². The topological polar surface area (TPSA) is 70.7 Å². The number of morpholine rings is 1. The number of carbonyl (C=O) groups excluding carboxylic acids is 2. The predicted octanol–water partition coefficient (Wildman–Crippen LogP) is 1.71. The fourth-order valence-electron chi connectivity index (χ4n) is 3.05. The Kier molecular flexibility index (Phi) is 5.83. The molecule has 25 heavy (non-hydrogen) atoms. The maximum atomic E-state index is 12.4. The normalized spacial score (nSPS) is 20.4. The van der Waals surface area contributed by atoms with E-state index in [1.807, 2.05) is 19.1 Å². The van der Waals surface area contributed by atoms with Crippen LogP contribution in [-0.2, 0) is 9.53 Å². The van der Waals surface area contributed by atoms with Crippen LogP contribution in [0.4, 0.5) is 5.69 Å². The molecule has 6 heteroatoms. The standard InChI is InChI=1S/C19H25N3O3/c1-14-6-7-15(19(24)20-16-4-2-3-5-16)12-17(14)21-18(23)13-22-8-10-25-11-9-22/h2,4,6-7,12,16H,3,5,8-11,13H2,1H3,(H,20,24)(H,21,23). The van der Waals surface area contributed by atoms with Gasteiger partial charge >= 0.3 is 0 Å². The van der Waals surface area contributed by atoms with Gasteiger partial charge in [0.1, 0.15) is 0 Å². The van der Waals surface area contributed by atoms with Gasteiger partial charge in [0.05, 0.1) is 19.8 Å². The first-order chi connectivity index (χ1) is 12.1. The van der Waals surface area contributed by atoms with E-state index in [0.29, 0.717) is 31.0 Å². The lowest BCUT2D eigenvalue weighted by Gasteiger charge is -2.26. The summed E-state index contributed by atoms with van der Waals surface area (Å²) >= 11 is 0. The maximum absolute atomic E-state index is 12.4. The predicted molar refractivity (Wildman–Crippen MR) is 96.7 cm³/mol. The zero-order chi connectivity index (χ0) is 17.6. The number of benzene rings is 1.